The Morgan fingerprint density at radius 3 is 2.42 bits per heavy atom. The van der Waals surface area contributed by atoms with E-state index in [9.17, 15) is 8.78 Å². The summed E-state index contributed by atoms with van der Waals surface area (Å²) in [5, 5.41) is 3.25. The molecule has 1 atom stereocenters. The summed E-state index contributed by atoms with van der Waals surface area (Å²) >= 11 is 3.46. The predicted molar refractivity (Wildman–Crippen MR) is 77.3 cm³/mol. The van der Waals surface area contributed by atoms with E-state index >= 15 is 0 Å². The van der Waals surface area contributed by atoms with Gasteiger partial charge in [-0.15, -0.1) is 0 Å². The van der Waals surface area contributed by atoms with E-state index in [4.69, 9.17) is 0 Å². The Hall–Kier alpha value is -1.42. The number of benzene rings is 2. The van der Waals surface area contributed by atoms with Gasteiger partial charge >= 0.3 is 0 Å². The minimum absolute atomic E-state index is 0.107. The van der Waals surface area contributed by atoms with Crippen LogP contribution in [0.25, 0.3) is 0 Å². The lowest BCUT2D eigenvalue weighted by atomic mass is 10.1. The molecule has 0 amide bonds. The summed E-state index contributed by atoms with van der Waals surface area (Å²) in [7, 11) is 0. The van der Waals surface area contributed by atoms with E-state index in [-0.39, 0.29) is 6.04 Å². The van der Waals surface area contributed by atoms with Crippen LogP contribution in [0.1, 0.15) is 24.1 Å². The molecule has 1 nitrogen and oxygen atoms in total. The third kappa shape index (κ3) is 3.32. The zero-order chi connectivity index (χ0) is 14.0. The normalized spacial score (nSPS) is 12.3. The summed E-state index contributed by atoms with van der Waals surface area (Å²) in [5.74, 6) is -1.65. The Bertz CT molecular complexity index is 599. The molecule has 100 valence electrons. The molecule has 0 aliphatic heterocycles. The Morgan fingerprint density at radius 1 is 1.05 bits per heavy atom. The molecule has 0 aliphatic rings. The number of aryl methyl sites for hydroxylation is 1. The molecule has 2 rings (SSSR count). The molecule has 0 heterocycles. The van der Waals surface area contributed by atoms with E-state index < -0.39 is 11.6 Å². The fourth-order valence-electron chi connectivity index (χ4n) is 1.80. The second kappa shape index (κ2) is 5.70. The van der Waals surface area contributed by atoms with Crippen LogP contribution in [-0.2, 0) is 0 Å². The first-order valence-corrected chi connectivity index (χ1v) is 6.74. The van der Waals surface area contributed by atoms with Gasteiger partial charge < -0.3 is 5.32 Å². The Balaban J connectivity index is 2.17. The van der Waals surface area contributed by atoms with Crippen molar-refractivity contribution in [3.8, 4) is 0 Å². The standard InChI is InChI=1S/C15H14BrF2N/c1-9-3-5-12(8-13(9)16)19-10(2)11-4-6-14(17)15(18)7-11/h3-8,10,19H,1-2H3. The van der Waals surface area contributed by atoms with Crippen molar-refractivity contribution in [2.45, 2.75) is 19.9 Å². The van der Waals surface area contributed by atoms with E-state index in [0.29, 0.717) is 5.56 Å². The fourth-order valence-corrected chi connectivity index (χ4v) is 2.18. The van der Waals surface area contributed by atoms with Crippen LogP contribution < -0.4 is 5.32 Å². The largest absolute Gasteiger partial charge is 0.378 e. The average Bonchev–Trinajstić information content (AvgIpc) is 2.37. The highest BCUT2D eigenvalue weighted by atomic mass is 79.9. The lowest BCUT2D eigenvalue weighted by Gasteiger charge is -2.16. The average molecular weight is 326 g/mol. The van der Waals surface area contributed by atoms with Gasteiger partial charge in [-0.25, -0.2) is 8.78 Å². The molecule has 0 bridgehead atoms. The maximum absolute atomic E-state index is 13.2. The second-order valence-electron chi connectivity index (χ2n) is 4.50. The SMILES string of the molecule is Cc1ccc(NC(C)c2ccc(F)c(F)c2)cc1Br. The molecule has 0 aromatic heterocycles. The smallest absolute Gasteiger partial charge is 0.159 e. The quantitative estimate of drug-likeness (QED) is 0.816. The second-order valence-corrected chi connectivity index (χ2v) is 5.36. The van der Waals surface area contributed by atoms with Crippen molar-refractivity contribution in [2.75, 3.05) is 5.32 Å². The fraction of sp³-hybridized carbons (Fsp3) is 0.200. The van der Waals surface area contributed by atoms with Gasteiger partial charge in [0, 0.05) is 16.2 Å². The molecule has 0 radical (unpaired) electrons. The first-order valence-electron chi connectivity index (χ1n) is 5.95. The zero-order valence-electron chi connectivity index (χ0n) is 10.7. The summed E-state index contributed by atoms with van der Waals surface area (Å²) in [5.41, 5.74) is 2.77. The van der Waals surface area contributed by atoms with E-state index in [1.54, 1.807) is 6.07 Å². The maximum Gasteiger partial charge on any atom is 0.159 e. The van der Waals surface area contributed by atoms with E-state index in [0.717, 1.165) is 21.8 Å². The van der Waals surface area contributed by atoms with E-state index in [1.807, 2.05) is 32.0 Å². The molecule has 2 aromatic rings. The number of anilines is 1. The molecule has 2 aromatic carbocycles. The molecule has 19 heavy (non-hydrogen) atoms. The van der Waals surface area contributed by atoms with Gasteiger partial charge in [0.05, 0.1) is 0 Å². The third-order valence-corrected chi connectivity index (χ3v) is 3.85. The molecule has 0 saturated carbocycles. The monoisotopic (exact) mass is 325 g/mol. The molecule has 1 N–H and O–H groups in total. The summed E-state index contributed by atoms with van der Waals surface area (Å²) in [4.78, 5) is 0. The van der Waals surface area contributed by atoms with Crippen molar-refractivity contribution in [3.05, 3.63) is 63.6 Å². The topological polar surface area (TPSA) is 12.0 Å². The van der Waals surface area contributed by atoms with Crippen molar-refractivity contribution in [1.29, 1.82) is 0 Å². The minimum Gasteiger partial charge on any atom is -0.378 e. The molecule has 0 aliphatic carbocycles. The number of hydrogen-bond acceptors (Lipinski definition) is 1. The van der Waals surface area contributed by atoms with Crippen molar-refractivity contribution in [1.82, 2.24) is 0 Å². The molecular formula is C15H14BrF2N. The summed E-state index contributed by atoms with van der Waals surface area (Å²) in [6, 6.07) is 9.75. The maximum atomic E-state index is 13.2. The third-order valence-electron chi connectivity index (χ3n) is 3.00. The molecule has 0 fully saturated rings. The first kappa shape index (κ1) is 14.0. The lowest BCUT2D eigenvalue weighted by Crippen LogP contribution is -2.07. The van der Waals surface area contributed by atoms with Gasteiger partial charge in [0.25, 0.3) is 0 Å². The van der Waals surface area contributed by atoms with Gasteiger partial charge in [0.2, 0.25) is 0 Å². The van der Waals surface area contributed by atoms with Crippen molar-refractivity contribution >= 4 is 21.6 Å². The van der Waals surface area contributed by atoms with Gasteiger partial charge in [-0.2, -0.15) is 0 Å². The Kier molecular flexibility index (Phi) is 4.20. The van der Waals surface area contributed by atoms with Crippen LogP contribution in [0.2, 0.25) is 0 Å². The van der Waals surface area contributed by atoms with Crippen molar-refractivity contribution in [2.24, 2.45) is 0 Å². The summed E-state index contributed by atoms with van der Waals surface area (Å²) in [6.07, 6.45) is 0. The highest BCUT2D eigenvalue weighted by Gasteiger charge is 2.09. The van der Waals surface area contributed by atoms with Crippen LogP contribution >= 0.6 is 15.9 Å². The van der Waals surface area contributed by atoms with Gasteiger partial charge in [0.15, 0.2) is 11.6 Å². The Morgan fingerprint density at radius 2 is 1.79 bits per heavy atom. The number of halogens is 3. The molecule has 1 unspecified atom stereocenters. The van der Waals surface area contributed by atoms with E-state index in [2.05, 4.69) is 21.2 Å². The van der Waals surface area contributed by atoms with Crippen LogP contribution in [0.3, 0.4) is 0 Å². The number of hydrogen-bond donors (Lipinski definition) is 1. The van der Waals surface area contributed by atoms with Crippen LogP contribution in [0.5, 0.6) is 0 Å². The minimum atomic E-state index is -0.825. The van der Waals surface area contributed by atoms with Crippen LogP contribution in [-0.4, -0.2) is 0 Å². The van der Waals surface area contributed by atoms with Gasteiger partial charge in [-0.1, -0.05) is 28.1 Å². The van der Waals surface area contributed by atoms with Crippen LogP contribution in [0, 0.1) is 18.6 Å². The van der Waals surface area contributed by atoms with Gasteiger partial charge in [0.1, 0.15) is 0 Å². The highest BCUT2D eigenvalue weighted by molar-refractivity contribution is 9.10. The first-order chi connectivity index (χ1) is 8.97. The Labute approximate surface area is 119 Å². The molecule has 0 saturated heterocycles. The van der Waals surface area contributed by atoms with Crippen LogP contribution in [0.15, 0.2) is 40.9 Å². The zero-order valence-corrected chi connectivity index (χ0v) is 12.3. The molecule has 0 spiro atoms. The van der Waals surface area contributed by atoms with Gasteiger partial charge in [-0.3, -0.25) is 0 Å². The molecular weight excluding hydrogens is 312 g/mol. The predicted octanol–water partition coefficient (Wildman–Crippen LogP) is 5.21. The number of nitrogens with one attached hydrogen (secondary N) is 1. The van der Waals surface area contributed by atoms with Crippen molar-refractivity contribution < 1.29 is 8.78 Å². The van der Waals surface area contributed by atoms with E-state index in [1.165, 1.54) is 6.07 Å². The molecule has 4 heteroatoms. The summed E-state index contributed by atoms with van der Waals surface area (Å²) < 4.78 is 27.1. The van der Waals surface area contributed by atoms with Gasteiger partial charge in [-0.05, 0) is 49.2 Å². The number of rotatable bonds is 3. The lowest BCUT2D eigenvalue weighted by molar-refractivity contribution is 0.506. The van der Waals surface area contributed by atoms with Crippen molar-refractivity contribution in [3.63, 3.8) is 0 Å². The highest BCUT2D eigenvalue weighted by Crippen LogP contribution is 2.25. The summed E-state index contributed by atoms with van der Waals surface area (Å²) in [6.45, 7) is 3.91. The van der Waals surface area contributed by atoms with Crippen LogP contribution in [0.4, 0.5) is 14.5 Å².